The van der Waals surface area contributed by atoms with Crippen LogP contribution in [0.4, 0.5) is 15.1 Å². The molecule has 5 nitrogen and oxygen atoms in total. The SMILES string of the molecule is CNc1c(F)cccc1C(=O)Nc1cnns1. The Bertz CT molecular complexity index is 529. The summed E-state index contributed by atoms with van der Waals surface area (Å²) >= 11 is 1.06. The summed E-state index contributed by atoms with van der Waals surface area (Å²) in [4.78, 5) is 11.9. The van der Waals surface area contributed by atoms with E-state index in [0.29, 0.717) is 5.00 Å². The minimum Gasteiger partial charge on any atom is -0.385 e. The van der Waals surface area contributed by atoms with E-state index in [1.165, 1.54) is 18.3 Å². The molecule has 0 bridgehead atoms. The molecule has 0 atom stereocenters. The van der Waals surface area contributed by atoms with Gasteiger partial charge >= 0.3 is 0 Å². The molecule has 17 heavy (non-hydrogen) atoms. The van der Waals surface area contributed by atoms with Crippen molar-refractivity contribution < 1.29 is 9.18 Å². The zero-order valence-corrected chi connectivity index (χ0v) is 9.71. The molecule has 2 aromatic rings. The minimum absolute atomic E-state index is 0.169. The van der Waals surface area contributed by atoms with Gasteiger partial charge in [-0.2, -0.15) is 0 Å². The lowest BCUT2D eigenvalue weighted by atomic mass is 10.1. The summed E-state index contributed by atoms with van der Waals surface area (Å²) in [6.07, 6.45) is 1.43. The number of nitrogens with zero attached hydrogens (tertiary/aromatic N) is 2. The Labute approximate surface area is 101 Å². The lowest BCUT2D eigenvalue weighted by Gasteiger charge is -2.08. The molecule has 1 heterocycles. The summed E-state index contributed by atoms with van der Waals surface area (Å²) in [5, 5.41) is 9.36. The minimum atomic E-state index is -0.470. The summed E-state index contributed by atoms with van der Waals surface area (Å²) in [6.45, 7) is 0. The molecule has 0 fully saturated rings. The van der Waals surface area contributed by atoms with E-state index in [1.54, 1.807) is 13.1 Å². The topological polar surface area (TPSA) is 66.9 Å². The van der Waals surface area contributed by atoms with Crippen LogP contribution in [-0.4, -0.2) is 22.5 Å². The summed E-state index contributed by atoms with van der Waals surface area (Å²) in [5.41, 5.74) is 0.406. The number of aromatic nitrogens is 2. The number of carbonyl (C=O) groups is 1. The van der Waals surface area contributed by atoms with E-state index < -0.39 is 11.7 Å². The number of amides is 1. The van der Waals surface area contributed by atoms with Crippen LogP contribution < -0.4 is 10.6 Å². The fourth-order valence-corrected chi connectivity index (χ4v) is 1.78. The normalized spacial score (nSPS) is 10.0. The average molecular weight is 252 g/mol. The van der Waals surface area contributed by atoms with Gasteiger partial charge in [0.1, 0.15) is 10.8 Å². The fraction of sp³-hybridized carbons (Fsp3) is 0.100. The quantitative estimate of drug-likeness (QED) is 0.876. The molecular formula is C10H9FN4OS. The van der Waals surface area contributed by atoms with Crippen molar-refractivity contribution in [2.45, 2.75) is 0 Å². The van der Waals surface area contributed by atoms with E-state index in [2.05, 4.69) is 20.2 Å². The second-order valence-electron chi connectivity index (χ2n) is 3.15. The number of carbonyl (C=O) groups excluding carboxylic acids is 1. The molecular weight excluding hydrogens is 243 g/mol. The third-order valence-corrected chi connectivity index (χ3v) is 2.69. The van der Waals surface area contributed by atoms with Crippen molar-refractivity contribution in [1.29, 1.82) is 0 Å². The van der Waals surface area contributed by atoms with Crippen molar-refractivity contribution in [3.8, 4) is 0 Å². The van der Waals surface area contributed by atoms with Crippen LogP contribution in [0.1, 0.15) is 10.4 Å². The molecule has 1 aromatic carbocycles. The third kappa shape index (κ3) is 2.39. The second-order valence-corrected chi connectivity index (χ2v) is 3.93. The van der Waals surface area contributed by atoms with E-state index in [0.717, 1.165) is 11.5 Å². The molecule has 1 amide bonds. The fourth-order valence-electron chi connectivity index (χ4n) is 1.37. The van der Waals surface area contributed by atoms with Crippen LogP contribution >= 0.6 is 11.5 Å². The van der Waals surface area contributed by atoms with E-state index in [1.807, 2.05) is 0 Å². The molecule has 0 aliphatic carbocycles. The molecule has 0 aliphatic heterocycles. The van der Waals surface area contributed by atoms with Gasteiger partial charge in [-0.15, -0.1) is 5.10 Å². The second kappa shape index (κ2) is 4.88. The maximum atomic E-state index is 13.4. The van der Waals surface area contributed by atoms with E-state index in [4.69, 9.17) is 0 Å². The summed E-state index contributed by atoms with van der Waals surface area (Å²) in [5.74, 6) is -0.873. The van der Waals surface area contributed by atoms with Gasteiger partial charge in [0.05, 0.1) is 17.4 Å². The maximum Gasteiger partial charge on any atom is 0.258 e. The largest absolute Gasteiger partial charge is 0.385 e. The standard InChI is InChI=1S/C10H9FN4OS/c1-12-9-6(3-2-4-7(9)11)10(16)14-8-5-13-15-17-8/h2-5,12H,1H3,(H,14,16). The van der Waals surface area contributed by atoms with Gasteiger partial charge in [-0.05, 0) is 12.1 Å². The van der Waals surface area contributed by atoms with Crippen LogP contribution in [0.3, 0.4) is 0 Å². The Hall–Kier alpha value is -2.02. The van der Waals surface area contributed by atoms with Gasteiger partial charge in [0.2, 0.25) is 0 Å². The van der Waals surface area contributed by atoms with Crippen LogP contribution in [0.25, 0.3) is 0 Å². The Morgan fingerprint density at radius 2 is 2.29 bits per heavy atom. The molecule has 0 unspecified atom stereocenters. The lowest BCUT2D eigenvalue weighted by Crippen LogP contribution is -2.14. The van der Waals surface area contributed by atoms with Gasteiger partial charge in [-0.25, -0.2) is 4.39 Å². The first kappa shape index (κ1) is 11.5. The van der Waals surface area contributed by atoms with Crippen molar-refractivity contribution in [2.24, 2.45) is 0 Å². The van der Waals surface area contributed by atoms with Gasteiger partial charge < -0.3 is 10.6 Å². The average Bonchev–Trinajstić information content (AvgIpc) is 2.81. The number of rotatable bonds is 3. The van der Waals surface area contributed by atoms with Gasteiger partial charge in [0.25, 0.3) is 5.91 Å². The first-order valence-corrected chi connectivity index (χ1v) is 5.54. The molecule has 0 spiro atoms. The molecule has 2 rings (SSSR count). The number of hydrogen-bond donors (Lipinski definition) is 2. The smallest absolute Gasteiger partial charge is 0.258 e. The van der Waals surface area contributed by atoms with Crippen LogP contribution in [0.15, 0.2) is 24.4 Å². The lowest BCUT2D eigenvalue weighted by molar-refractivity contribution is 0.102. The van der Waals surface area contributed by atoms with Crippen molar-refractivity contribution in [1.82, 2.24) is 9.59 Å². The maximum absolute atomic E-state index is 13.4. The van der Waals surface area contributed by atoms with Crippen LogP contribution in [-0.2, 0) is 0 Å². The van der Waals surface area contributed by atoms with Crippen LogP contribution in [0.2, 0.25) is 0 Å². The Balaban J connectivity index is 2.28. The predicted molar refractivity (Wildman–Crippen MR) is 63.8 cm³/mol. The zero-order valence-electron chi connectivity index (χ0n) is 8.90. The number of nitrogens with one attached hydrogen (secondary N) is 2. The molecule has 0 radical (unpaired) electrons. The van der Waals surface area contributed by atoms with Crippen molar-refractivity contribution >= 4 is 28.1 Å². The van der Waals surface area contributed by atoms with Gasteiger partial charge in [0.15, 0.2) is 0 Å². The third-order valence-electron chi connectivity index (χ3n) is 2.11. The summed E-state index contributed by atoms with van der Waals surface area (Å²) in [6, 6.07) is 4.31. The van der Waals surface area contributed by atoms with E-state index in [-0.39, 0.29) is 11.3 Å². The number of hydrogen-bond acceptors (Lipinski definition) is 5. The van der Waals surface area contributed by atoms with Gasteiger partial charge in [0, 0.05) is 18.6 Å². The highest BCUT2D eigenvalue weighted by Gasteiger charge is 2.14. The Kier molecular flexibility index (Phi) is 3.29. The van der Waals surface area contributed by atoms with Crippen LogP contribution in [0.5, 0.6) is 0 Å². The van der Waals surface area contributed by atoms with Crippen molar-refractivity contribution in [3.63, 3.8) is 0 Å². The molecule has 1 aromatic heterocycles. The molecule has 0 aliphatic rings. The van der Waals surface area contributed by atoms with Gasteiger partial charge in [-0.1, -0.05) is 10.6 Å². The number of halogens is 1. The number of anilines is 2. The Morgan fingerprint density at radius 3 is 2.94 bits per heavy atom. The zero-order chi connectivity index (χ0) is 12.3. The molecule has 0 saturated heterocycles. The predicted octanol–water partition coefficient (Wildman–Crippen LogP) is 1.97. The first-order valence-electron chi connectivity index (χ1n) is 4.77. The highest BCUT2D eigenvalue weighted by Crippen LogP contribution is 2.21. The van der Waals surface area contributed by atoms with E-state index in [9.17, 15) is 9.18 Å². The molecule has 2 N–H and O–H groups in total. The highest BCUT2D eigenvalue weighted by molar-refractivity contribution is 7.10. The first-order chi connectivity index (χ1) is 8.22. The molecule has 88 valence electrons. The number of benzene rings is 1. The number of para-hydroxylation sites is 1. The summed E-state index contributed by atoms with van der Waals surface area (Å²) < 4.78 is 17.0. The van der Waals surface area contributed by atoms with Crippen molar-refractivity contribution in [3.05, 3.63) is 35.8 Å². The summed E-state index contributed by atoms with van der Waals surface area (Å²) in [7, 11) is 1.56. The highest BCUT2D eigenvalue weighted by atomic mass is 32.1. The Morgan fingerprint density at radius 1 is 1.47 bits per heavy atom. The monoisotopic (exact) mass is 252 g/mol. The van der Waals surface area contributed by atoms with Crippen molar-refractivity contribution in [2.75, 3.05) is 17.7 Å². The van der Waals surface area contributed by atoms with E-state index >= 15 is 0 Å². The molecule has 7 heteroatoms. The molecule has 0 saturated carbocycles. The van der Waals surface area contributed by atoms with Gasteiger partial charge in [-0.3, -0.25) is 4.79 Å². The van der Waals surface area contributed by atoms with Crippen LogP contribution in [0, 0.1) is 5.82 Å².